The molecule has 2 aromatic rings. The van der Waals surface area contributed by atoms with Crippen molar-refractivity contribution in [3.63, 3.8) is 0 Å². The van der Waals surface area contributed by atoms with E-state index in [4.69, 9.17) is 0 Å². The number of hydrogen-bond donors (Lipinski definition) is 1. The predicted octanol–water partition coefficient (Wildman–Crippen LogP) is 3.46. The Labute approximate surface area is 122 Å². The summed E-state index contributed by atoms with van der Waals surface area (Å²) in [6.07, 6.45) is 3.09. The largest absolute Gasteiger partial charge is 0.310 e. The molecule has 0 bridgehead atoms. The molecule has 108 valence electrons. The molecule has 0 aliphatic carbocycles. The van der Waals surface area contributed by atoms with Crippen LogP contribution in [-0.4, -0.2) is 15.8 Å². The van der Waals surface area contributed by atoms with Crippen LogP contribution >= 0.6 is 0 Å². The van der Waals surface area contributed by atoms with E-state index >= 15 is 0 Å². The summed E-state index contributed by atoms with van der Waals surface area (Å²) in [5.74, 6) is 0. The molecule has 0 unspecified atom stereocenters. The van der Waals surface area contributed by atoms with E-state index in [2.05, 4.69) is 62.5 Å². The van der Waals surface area contributed by atoms with E-state index in [1.807, 2.05) is 11.7 Å². The molecule has 3 heteroatoms. The summed E-state index contributed by atoms with van der Waals surface area (Å²) < 4.78 is 1.91. The molecule has 1 aromatic carbocycles. The predicted molar refractivity (Wildman–Crippen MR) is 84.7 cm³/mol. The third-order valence-electron chi connectivity index (χ3n) is 3.50. The molecule has 0 aliphatic rings. The Morgan fingerprint density at radius 3 is 2.65 bits per heavy atom. The smallest absolute Gasteiger partial charge is 0.0700 e. The van der Waals surface area contributed by atoms with E-state index in [0.717, 1.165) is 13.0 Å². The van der Waals surface area contributed by atoms with E-state index in [0.29, 0.717) is 6.04 Å². The molecule has 2 rings (SSSR count). The van der Waals surface area contributed by atoms with Crippen molar-refractivity contribution >= 4 is 0 Å². The van der Waals surface area contributed by atoms with Crippen molar-refractivity contribution in [3.05, 3.63) is 41.2 Å². The molecule has 0 spiro atoms. The average molecular weight is 271 g/mol. The Bertz CT molecular complexity index is 582. The maximum absolute atomic E-state index is 4.57. The maximum Gasteiger partial charge on any atom is 0.0700 e. The van der Waals surface area contributed by atoms with Gasteiger partial charge in [0, 0.05) is 31.4 Å². The number of nitrogens with one attached hydrogen (secondary N) is 1. The third-order valence-corrected chi connectivity index (χ3v) is 3.50. The lowest BCUT2D eigenvalue weighted by Crippen LogP contribution is -2.22. The summed E-state index contributed by atoms with van der Waals surface area (Å²) in [6, 6.07) is 7.17. The van der Waals surface area contributed by atoms with Crippen molar-refractivity contribution in [2.45, 2.75) is 46.7 Å². The zero-order valence-electron chi connectivity index (χ0n) is 13.2. The van der Waals surface area contributed by atoms with Crippen LogP contribution in [0.15, 0.2) is 24.4 Å². The first-order chi connectivity index (χ1) is 9.51. The molecule has 20 heavy (non-hydrogen) atoms. The van der Waals surface area contributed by atoms with Gasteiger partial charge in [-0.15, -0.1) is 0 Å². The Kier molecular flexibility index (Phi) is 4.61. The monoisotopic (exact) mass is 271 g/mol. The number of nitrogens with zero attached hydrogens (tertiary/aromatic N) is 2. The van der Waals surface area contributed by atoms with Gasteiger partial charge < -0.3 is 5.32 Å². The first-order valence-electron chi connectivity index (χ1n) is 7.37. The topological polar surface area (TPSA) is 29.9 Å². The lowest BCUT2D eigenvalue weighted by molar-refractivity contribution is 0.589. The zero-order valence-corrected chi connectivity index (χ0v) is 13.2. The van der Waals surface area contributed by atoms with Gasteiger partial charge in [0.15, 0.2) is 0 Å². The molecular formula is C17H25N3. The highest BCUT2D eigenvalue weighted by Crippen LogP contribution is 2.28. The van der Waals surface area contributed by atoms with Crippen LogP contribution in [0.2, 0.25) is 0 Å². The van der Waals surface area contributed by atoms with E-state index in [-0.39, 0.29) is 0 Å². The molecule has 0 radical (unpaired) electrons. The highest BCUT2D eigenvalue weighted by molar-refractivity contribution is 5.70. The number of rotatable bonds is 5. The second-order valence-electron chi connectivity index (χ2n) is 5.71. The van der Waals surface area contributed by atoms with Gasteiger partial charge in [0.05, 0.1) is 5.69 Å². The molecule has 0 atom stereocenters. The number of benzene rings is 1. The normalized spacial score (nSPS) is 11.3. The highest BCUT2D eigenvalue weighted by atomic mass is 15.2. The van der Waals surface area contributed by atoms with Crippen molar-refractivity contribution in [2.24, 2.45) is 7.05 Å². The van der Waals surface area contributed by atoms with Crippen LogP contribution in [0.4, 0.5) is 0 Å². The molecule has 1 heterocycles. The third kappa shape index (κ3) is 3.28. The molecule has 0 saturated carbocycles. The molecule has 0 fully saturated rings. The van der Waals surface area contributed by atoms with Crippen molar-refractivity contribution in [1.82, 2.24) is 15.1 Å². The van der Waals surface area contributed by atoms with Gasteiger partial charge in [-0.2, -0.15) is 5.10 Å². The first-order valence-corrected chi connectivity index (χ1v) is 7.37. The van der Waals surface area contributed by atoms with Crippen LogP contribution in [0.25, 0.3) is 11.1 Å². The fraction of sp³-hybridized carbons (Fsp3) is 0.471. The molecule has 3 nitrogen and oxygen atoms in total. The lowest BCUT2D eigenvalue weighted by atomic mass is 9.97. The summed E-state index contributed by atoms with van der Waals surface area (Å²) in [5.41, 5.74) is 6.37. The molecule has 0 aliphatic heterocycles. The number of aryl methyl sites for hydroxylation is 3. The van der Waals surface area contributed by atoms with Crippen molar-refractivity contribution in [2.75, 3.05) is 0 Å². The van der Waals surface area contributed by atoms with Gasteiger partial charge in [-0.3, -0.25) is 4.68 Å². The standard InChI is InChI=1S/C17H25N3/c1-6-17-16(11-20(5)19-17)15-9-13(4)7-8-14(15)10-18-12(2)3/h7-9,11-12,18H,6,10H2,1-5H3. The summed E-state index contributed by atoms with van der Waals surface area (Å²) in [6.45, 7) is 9.55. The Hall–Kier alpha value is -1.61. The number of hydrogen-bond acceptors (Lipinski definition) is 2. The minimum atomic E-state index is 0.490. The van der Waals surface area contributed by atoms with E-state index in [1.54, 1.807) is 0 Å². The molecule has 0 amide bonds. The van der Waals surface area contributed by atoms with Crippen LogP contribution in [0.1, 0.15) is 37.6 Å². The average Bonchev–Trinajstić information content (AvgIpc) is 2.78. The van der Waals surface area contributed by atoms with Crippen LogP contribution in [-0.2, 0) is 20.0 Å². The Morgan fingerprint density at radius 2 is 2.00 bits per heavy atom. The lowest BCUT2D eigenvalue weighted by Gasteiger charge is -2.13. The van der Waals surface area contributed by atoms with Crippen molar-refractivity contribution < 1.29 is 0 Å². The Morgan fingerprint density at radius 1 is 1.25 bits per heavy atom. The summed E-state index contributed by atoms with van der Waals surface area (Å²) in [4.78, 5) is 0. The second-order valence-corrected chi connectivity index (χ2v) is 5.71. The molecular weight excluding hydrogens is 246 g/mol. The summed E-state index contributed by atoms with van der Waals surface area (Å²) >= 11 is 0. The Balaban J connectivity index is 2.45. The summed E-state index contributed by atoms with van der Waals surface area (Å²) in [7, 11) is 1.99. The maximum atomic E-state index is 4.57. The van der Waals surface area contributed by atoms with E-state index < -0.39 is 0 Å². The van der Waals surface area contributed by atoms with Gasteiger partial charge in [-0.25, -0.2) is 0 Å². The van der Waals surface area contributed by atoms with Crippen LogP contribution in [0.5, 0.6) is 0 Å². The zero-order chi connectivity index (χ0) is 14.7. The SMILES string of the molecule is CCc1nn(C)cc1-c1cc(C)ccc1CNC(C)C. The fourth-order valence-electron chi connectivity index (χ4n) is 2.43. The first kappa shape index (κ1) is 14.8. The number of aromatic nitrogens is 2. The molecule has 0 saturated heterocycles. The van der Waals surface area contributed by atoms with Gasteiger partial charge in [0.2, 0.25) is 0 Å². The quantitative estimate of drug-likeness (QED) is 0.902. The van der Waals surface area contributed by atoms with Crippen LogP contribution in [0.3, 0.4) is 0 Å². The van der Waals surface area contributed by atoms with Gasteiger partial charge in [-0.1, -0.05) is 44.5 Å². The van der Waals surface area contributed by atoms with Crippen molar-refractivity contribution in [3.8, 4) is 11.1 Å². The van der Waals surface area contributed by atoms with Crippen molar-refractivity contribution in [1.29, 1.82) is 0 Å². The van der Waals surface area contributed by atoms with Crippen LogP contribution in [0, 0.1) is 6.92 Å². The molecule has 1 aromatic heterocycles. The van der Waals surface area contributed by atoms with Crippen LogP contribution < -0.4 is 5.32 Å². The van der Waals surface area contributed by atoms with Gasteiger partial charge in [0.25, 0.3) is 0 Å². The van der Waals surface area contributed by atoms with Gasteiger partial charge in [0.1, 0.15) is 0 Å². The molecule has 1 N–H and O–H groups in total. The minimum Gasteiger partial charge on any atom is -0.310 e. The van der Waals surface area contributed by atoms with E-state index in [9.17, 15) is 0 Å². The second kappa shape index (κ2) is 6.23. The summed E-state index contributed by atoms with van der Waals surface area (Å²) in [5, 5.41) is 8.08. The van der Waals surface area contributed by atoms with E-state index in [1.165, 1.54) is 27.9 Å². The van der Waals surface area contributed by atoms with Gasteiger partial charge >= 0.3 is 0 Å². The van der Waals surface area contributed by atoms with Gasteiger partial charge in [-0.05, 0) is 24.5 Å². The minimum absolute atomic E-state index is 0.490. The fourth-order valence-corrected chi connectivity index (χ4v) is 2.43. The highest BCUT2D eigenvalue weighted by Gasteiger charge is 2.12.